The third-order valence-electron chi connectivity index (χ3n) is 4.67. The molecule has 1 saturated heterocycles. The Balaban J connectivity index is 1.58. The molecule has 1 aliphatic heterocycles. The summed E-state index contributed by atoms with van der Waals surface area (Å²) < 4.78 is 5.35. The first-order chi connectivity index (χ1) is 13.5. The zero-order chi connectivity index (χ0) is 19.9. The summed E-state index contributed by atoms with van der Waals surface area (Å²) in [4.78, 5) is 37.9. The number of hydrogen-bond donors (Lipinski definition) is 1. The summed E-state index contributed by atoms with van der Waals surface area (Å²) >= 11 is 5.70. The molecule has 0 spiro atoms. The van der Waals surface area contributed by atoms with Gasteiger partial charge in [-0.05, 0) is 42.1 Å². The Labute approximate surface area is 168 Å². The van der Waals surface area contributed by atoms with Crippen molar-refractivity contribution in [3.63, 3.8) is 0 Å². The van der Waals surface area contributed by atoms with Crippen molar-refractivity contribution < 1.29 is 19.1 Å². The zero-order valence-corrected chi connectivity index (χ0v) is 16.0. The van der Waals surface area contributed by atoms with Gasteiger partial charge in [-0.3, -0.25) is 9.59 Å². The molecule has 0 aliphatic carbocycles. The Bertz CT molecular complexity index is 829. The number of benzene rings is 2. The second kappa shape index (κ2) is 9.37. The normalized spacial score (nSPS) is 19.0. The SMILES string of the molecule is O=C(N[C@H]1CC[C@H](C(=O)OCc2ccccc2)N(C(=O)Cl)C1)c1ccccc1. The van der Waals surface area contributed by atoms with Crippen molar-refractivity contribution in [3.8, 4) is 0 Å². The van der Waals surface area contributed by atoms with Crippen molar-refractivity contribution in [2.24, 2.45) is 0 Å². The van der Waals surface area contributed by atoms with E-state index < -0.39 is 17.4 Å². The van der Waals surface area contributed by atoms with E-state index in [0.29, 0.717) is 18.4 Å². The molecule has 0 aromatic heterocycles. The summed E-state index contributed by atoms with van der Waals surface area (Å²) in [5.41, 5.74) is 1.40. The molecular formula is C21H21ClN2O4. The Morgan fingerprint density at radius 3 is 2.29 bits per heavy atom. The van der Waals surface area contributed by atoms with Gasteiger partial charge in [0.05, 0.1) is 0 Å². The monoisotopic (exact) mass is 400 g/mol. The molecule has 146 valence electrons. The van der Waals surface area contributed by atoms with Crippen LogP contribution in [0.4, 0.5) is 4.79 Å². The third kappa shape index (κ3) is 5.10. The van der Waals surface area contributed by atoms with Crippen LogP contribution in [0.2, 0.25) is 0 Å². The summed E-state index contributed by atoms with van der Waals surface area (Å²) in [6, 6.07) is 17.1. The lowest BCUT2D eigenvalue weighted by Crippen LogP contribution is -2.55. The van der Waals surface area contributed by atoms with Crippen LogP contribution in [0.3, 0.4) is 0 Å². The van der Waals surface area contributed by atoms with Crippen LogP contribution in [-0.2, 0) is 16.1 Å². The molecule has 28 heavy (non-hydrogen) atoms. The van der Waals surface area contributed by atoms with Gasteiger partial charge in [-0.15, -0.1) is 0 Å². The van der Waals surface area contributed by atoms with Crippen molar-refractivity contribution in [2.75, 3.05) is 6.54 Å². The molecule has 2 aromatic rings. The second-order valence-corrected chi connectivity index (χ2v) is 6.95. The van der Waals surface area contributed by atoms with Crippen LogP contribution in [-0.4, -0.2) is 40.8 Å². The van der Waals surface area contributed by atoms with Crippen LogP contribution in [0, 0.1) is 0 Å². The molecule has 2 atom stereocenters. The van der Waals surface area contributed by atoms with E-state index in [4.69, 9.17) is 16.3 Å². The minimum Gasteiger partial charge on any atom is -0.459 e. The van der Waals surface area contributed by atoms with E-state index in [1.54, 1.807) is 24.3 Å². The molecule has 1 fully saturated rings. The number of ether oxygens (including phenoxy) is 1. The van der Waals surface area contributed by atoms with E-state index in [1.807, 2.05) is 36.4 Å². The first-order valence-corrected chi connectivity index (χ1v) is 9.45. The molecule has 2 amide bonds. The fourth-order valence-electron chi connectivity index (χ4n) is 3.21. The van der Waals surface area contributed by atoms with E-state index in [0.717, 1.165) is 5.56 Å². The smallest absolute Gasteiger partial charge is 0.329 e. The van der Waals surface area contributed by atoms with Gasteiger partial charge in [0.25, 0.3) is 5.91 Å². The van der Waals surface area contributed by atoms with E-state index in [1.165, 1.54) is 4.90 Å². The molecule has 3 rings (SSSR count). The van der Waals surface area contributed by atoms with Crippen molar-refractivity contribution >= 4 is 28.8 Å². The number of nitrogens with zero attached hydrogens (tertiary/aromatic N) is 1. The summed E-state index contributed by atoms with van der Waals surface area (Å²) in [6.45, 7) is 0.292. The van der Waals surface area contributed by atoms with Crippen molar-refractivity contribution in [2.45, 2.75) is 31.5 Å². The van der Waals surface area contributed by atoms with Gasteiger partial charge in [0.15, 0.2) is 0 Å². The number of amides is 2. The molecule has 2 aromatic carbocycles. The second-order valence-electron chi connectivity index (χ2n) is 6.63. The van der Waals surface area contributed by atoms with Gasteiger partial charge in [0.1, 0.15) is 12.6 Å². The first kappa shape index (κ1) is 19.9. The predicted octanol–water partition coefficient (Wildman–Crippen LogP) is 3.35. The maximum absolute atomic E-state index is 12.5. The minimum atomic E-state index is -0.751. The topological polar surface area (TPSA) is 75.7 Å². The maximum atomic E-state index is 12.5. The van der Waals surface area contributed by atoms with Gasteiger partial charge < -0.3 is 15.0 Å². The average molecular weight is 401 g/mol. The molecule has 1 N–H and O–H groups in total. The van der Waals surface area contributed by atoms with Crippen LogP contribution in [0.25, 0.3) is 0 Å². The molecular weight excluding hydrogens is 380 g/mol. The highest BCUT2D eigenvalue weighted by Gasteiger charge is 2.37. The number of carbonyl (C=O) groups excluding carboxylic acids is 3. The van der Waals surface area contributed by atoms with Crippen LogP contribution in [0.5, 0.6) is 0 Å². The summed E-state index contributed by atoms with van der Waals surface area (Å²) in [5, 5.41) is 2.16. The number of hydrogen-bond acceptors (Lipinski definition) is 4. The van der Waals surface area contributed by atoms with Crippen molar-refractivity contribution in [3.05, 3.63) is 71.8 Å². The van der Waals surface area contributed by atoms with Gasteiger partial charge in [0.2, 0.25) is 0 Å². The molecule has 1 heterocycles. The zero-order valence-electron chi connectivity index (χ0n) is 15.2. The van der Waals surface area contributed by atoms with Crippen LogP contribution >= 0.6 is 11.6 Å². The average Bonchev–Trinajstić information content (AvgIpc) is 2.73. The highest BCUT2D eigenvalue weighted by Crippen LogP contribution is 2.21. The van der Waals surface area contributed by atoms with Gasteiger partial charge >= 0.3 is 11.3 Å². The Hall–Kier alpha value is -2.86. The first-order valence-electron chi connectivity index (χ1n) is 9.07. The maximum Gasteiger partial charge on any atom is 0.329 e. The highest BCUT2D eigenvalue weighted by molar-refractivity contribution is 6.63. The molecule has 0 radical (unpaired) electrons. The van der Waals surface area contributed by atoms with E-state index in [-0.39, 0.29) is 25.1 Å². The van der Waals surface area contributed by atoms with E-state index in [9.17, 15) is 14.4 Å². The number of halogens is 1. The Morgan fingerprint density at radius 1 is 1.00 bits per heavy atom. The largest absolute Gasteiger partial charge is 0.459 e. The molecule has 7 heteroatoms. The van der Waals surface area contributed by atoms with Gasteiger partial charge in [-0.1, -0.05) is 48.5 Å². The number of piperidine rings is 1. The van der Waals surface area contributed by atoms with Crippen LogP contribution in [0.15, 0.2) is 60.7 Å². The highest BCUT2D eigenvalue weighted by atomic mass is 35.5. The lowest BCUT2D eigenvalue weighted by Gasteiger charge is -2.37. The fraction of sp³-hybridized carbons (Fsp3) is 0.286. The molecule has 0 saturated carbocycles. The Morgan fingerprint density at radius 2 is 1.64 bits per heavy atom. The Kier molecular flexibility index (Phi) is 6.66. The quantitative estimate of drug-likeness (QED) is 0.474. The van der Waals surface area contributed by atoms with Crippen LogP contribution < -0.4 is 5.32 Å². The molecule has 0 bridgehead atoms. The van der Waals surface area contributed by atoms with Gasteiger partial charge in [-0.2, -0.15) is 0 Å². The van der Waals surface area contributed by atoms with Gasteiger partial charge in [0, 0.05) is 18.2 Å². The lowest BCUT2D eigenvalue weighted by molar-refractivity contribution is -0.151. The summed E-state index contributed by atoms with van der Waals surface area (Å²) in [5.74, 6) is -0.719. The summed E-state index contributed by atoms with van der Waals surface area (Å²) in [7, 11) is 0. The fourth-order valence-corrected chi connectivity index (χ4v) is 3.40. The number of nitrogens with one attached hydrogen (secondary N) is 1. The lowest BCUT2D eigenvalue weighted by atomic mass is 9.98. The molecule has 1 aliphatic rings. The van der Waals surface area contributed by atoms with Gasteiger partial charge in [-0.25, -0.2) is 4.79 Å². The number of rotatable bonds is 5. The van der Waals surface area contributed by atoms with Crippen molar-refractivity contribution in [1.29, 1.82) is 0 Å². The number of esters is 1. The minimum absolute atomic E-state index is 0.134. The third-order valence-corrected chi connectivity index (χ3v) is 4.89. The number of likely N-dealkylation sites (tertiary alicyclic amines) is 1. The summed E-state index contributed by atoms with van der Waals surface area (Å²) in [6.07, 6.45) is 0.913. The molecule has 6 nitrogen and oxygen atoms in total. The van der Waals surface area contributed by atoms with E-state index >= 15 is 0 Å². The van der Waals surface area contributed by atoms with Crippen LogP contribution in [0.1, 0.15) is 28.8 Å². The standard InChI is InChI=1S/C21H21ClN2O4/c22-21(27)24-13-17(23-19(25)16-9-5-2-6-10-16)11-12-18(24)20(26)28-14-15-7-3-1-4-8-15/h1-10,17-18H,11-14H2,(H,23,25)/t17-,18+/m0/s1. The predicted molar refractivity (Wildman–Crippen MR) is 105 cm³/mol. The number of carbonyl (C=O) groups is 3. The molecule has 0 unspecified atom stereocenters. The van der Waals surface area contributed by atoms with Crippen molar-refractivity contribution in [1.82, 2.24) is 10.2 Å². The van der Waals surface area contributed by atoms with E-state index in [2.05, 4.69) is 5.32 Å².